The molecule has 0 saturated heterocycles. The van der Waals surface area contributed by atoms with Crippen molar-refractivity contribution in [1.82, 2.24) is 9.78 Å². The van der Waals surface area contributed by atoms with Crippen molar-refractivity contribution in [3.8, 4) is 0 Å². The van der Waals surface area contributed by atoms with E-state index in [1.165, 1.54) is 6.20 Å². The van der Waals surface area contributed by atoms with Gasteiger partial charge in [-0.3, -0.25) is 9.40 Å². The van der Waals surface area contributed by atoms with E-state index >= 15 is 0 Å². The first-order valence-electron chi connectivity index (χ1n) is 4.98. The van der Waals surface area contributed by atoms with E-state index in [1.807, 2.05) is 0 Å². The van der Waals surface area contributed by atoms with Crippen molar-refractivity contribution in [1.29, 1.82) is 0 Å². The average molecular weight is 247 g/mol. The zero-order chi connectivity index (χ0) is 12.2. The van der Waals surface area contributed by atoms with Crippen LogP contribution in [0.3, 0.4) is 0 Å². The summed E-state index contributed by atoms with van der Waals surface area (Å²) in [6.07, 6.45) is 3.12. The molecule has 0 saturated carbocycles. The Morgan fingerprint density at radius 3 is 2.81 bits per heavy atom. The third kappa shape index (κ3) is 3.49. The van der Waals surface area contributed by atoms with Gasteiger partial charge in [0.2, 0.25) is 10.0 Å². The summed E-state index contributed by atoms with van der Waals surface area (Å²) in [6.45, 7) is 4.38. The normalized spacial score (nSPS) is 12.0. The molecule has 7 heteroatoms. The van der Waals surface area contributed by atoms with E-state index in [0.29, 0.717) is 18.8 Å². The summed E-state index contributed by atoms with van der Waals surface area (Å²) < 4.78 is 32.1. The molecule has 0 radical (unpaired) electrons. The summed E-state index contributed by atoms with van der Waals surface area (Å²) in [5.74, 6) is 0. The maximum absolute atomic E-state index is 11.6. The predicted molar refractivity (Wildman–Crippen MR) is 61.8 cm³/mol. The summed E-state index contributed by atoms with van der Waals surface area (Å²) in [7, 11) is -1.69. The summed E-state index contributed by atoms with van der Waals surface area (Å²) in [5, 5.41) is 3.54. The third-order valence-corrected chi connectivity index (χ3v) is 3.80. The van der Waals surface area contributed by atoms with Crippen LogP contribution in [0, 0.1) is 0 Å². The SMILES string of the molecule is COCCn1cc(NS(=O)(=O)C(C)C)cn1. The van der Waals surface area contributed by atoms with Crippen molar-refractivity contribution in [2.45, 2.75) is 25.6 Å². The number of aromatic nitrogens is 2. The van der Waals surface area contributed by atoms with Crippen LogP contribution in [0.5, 0.6) is 0 Å². The number of nitrogens with zero attached hydrogens (tertiary/aromatic N) is 2. The van der Waals surface area contributed by atoms with E-state index in [9.17, 15) is 8.42 Å². The molecule has 0 aliphatic heterocycles. The largest absolute Gasteiger partial charge is 0.383 e. The number of methoxy groups -OCH3 is 1. The molecule has 0 atom stereocenters. The number of hydrogen-bond acceptors (Lipinski definition) is 4. The highest BCUT2D eigenvalue weighted by molar-refractivity contribution is 7.93. The van der Waals surface area contributed by atoms with Crippen LogP contribution in [-0.2, 0) is 21.3 Å². The van der Waals surface area contributed by atoms with Crippen LogP contribution in [-0.4, -0.2) is 37.2 Å². The van der Waals surface area contributed by atoms with E-state index in [-0.39, 0.29) is 0 Å². The molecule has 0 amide bonds. The van der Waals surface area contributed by atoms with Crippen LogP contribution in [0.25, 0.3) is 0 Å². The van der Waals surface area contributed by atoms with Crippen molar-refractivity contribution < 1.29 is 13.2 Å². The van der Waals surface area contributed by atoms with Gasteiger partial charge in [0.25, 0.3) is 0 Å². The Morgan fingerprint density at radius 1 is 1.56 bits per heavy atom. The molecule has 0 bridgehead atoms. The van der Waals surface area contributed by atoms with Crippen molar-refractivity contribution in [2.24, 2.45) is 0 Å². The van der Waals surface area contributed by atoms with Gasteiger partial charge in [0.05, 0.1) is 30.3 Å². The van der Waals surface area contributed by atoms with Crippen LogP contribution < -0.4 is 4.72 Å². The minimum Gasteiger partial charge on any atom is -0.383 e. The Hall–Kier alpha value is -1.08. The van der Waals surface area contributed by atoms with Gasteiger partial charge in [0, 0.05) is 13.3 Å². The molecule has 92 valence electrons. The molecule has 1 aromatic heterocycles. The van der Waals surface area contributed by atoms with Gasteiger partial charge in [-0.25, -0.2) is 8.42 Å². The van der Waals surface area contributed by atoms with Crippen LogP contribution in [0.15, 0.2) is 12.4 Å². The third-order valence-electron chi connectivity index (χ3n) is 2.04. The Kier molecular flexibility index (Phi) is 4.31. The molecule has 1 rings (SSSR count). The number of nitrogens with one attached hydrogen (secondary N) is 1. The lowest BCUT2D eigenvalue weighted by Gasteiger charge is -2.08. The van der Waals surface area contributed by atoms with Crippen LogP contribution in [0.1, 0.15) is 13.8 Å². The molecule has 0 aromatic carbocycles. The molecule has 0 spiro atoms. The lowest BCUT2D eigenvalue weighted by Crippen LogP contribution is -2.22. The predicted octanol–water partition coefficient (Wildman–Crippen LogP) is 0.680. The van der Waals surface area contributed by atoms with Crippen LogP contribution >= 0.6 is 0 Å². The lowest BCUT2D eigenvalue weighted by molar-refractivity contribution is 0.183. The van der Waals surface area contributed by atoms with E-state index in [4.69, 9.17) is 4.74 Å². The van der Waals surface area contributed by atoms with E-state index in [1.54, 1.807) is 31.8 Å². The van der Waals surface area contributed by atoms with E-state index in [2.05, 4.69) is 9.82 Å². The second-order valence-corrected chi connectivity index (χ2v) is 5.92. The monoisotopic (exact) mass is 247 g/mol. The summed E-state index contributed by atoms with van der Waals surface area (Å²) in [4.78, 5) is 0. The lowest BCUT2D eigenvalue weighted by atomic mass is 10.6. The first kappa shape index (κ1) is 13.0. The topological polar surface area (TPSA) is 73.2 Å². The number of sulfonamides is 1. The van der Waals surface area contributed by atoms with Crippen molar-refractivity contribution in [3.63, 3.8) is 0 Å². The highest BCUT2D eigenvalue weighted by atomic mass is 32.2. The highest BCUT2D eigenvalue weighted by Crippen LogP contribution is 2.10. The number of hydrogen-bond donors (Lipinski definition) is 1. The van der Waals surface area contributed by atoms with Gasteiger partial charge < -0.3 is 4.74 Å². The van der Waals surface area contributed by atoms with Crippen LogP contribution in [0.4, 0.5) is 5.69 Å². The van der Waals surface area contributed by atoms with E-state index in [0.717, 1.165) is 0 Å². The molecule has 16 heavy (non-hydrogen) atoms. The molecule has 0 fully saturated rings. The van der Waals surface area contributed by atoms with Gasteiger partial charge in [-0.15, -0.1) is 0 Å². The number of rotatable bonds is 6. The zero-order valence-corrected chi connectivity index (χ0v) is 10.5. The van der Waals surface area contributed by atoms with E-state index < -0.39 is 15.3 Å². The fraction of sp³-hybridized carbons (Fsp3) is 0.667. The number of ether oxygens (including phenoxy) is 1. The Balaban J connectivity index is 2.65. The second kappa shape index (κ2) is 5.31. The fourth-order valence-corrected chi connectivity index (χ4v) is 1.68. The second-order valence-electron chi connectivity index (χ2n) is 3.68. The van der Waals surface area contributed by atoms with Crippen molar-refractivity contribution in [2.75, 3.05) is 18.4 Å². The Morgan fingerprint density at radius 2 is 2.25 bits per heavy atom. The zero-order valence-electron chi connectivity index (χ0n) is 9.67. The molecular weight excluding hydrogens is 230 g/mol. The minimum atomic E-state index is -3.29. The standard InChI is InChI=1S/C9H17N3O3S/c1-8(2)16(13,14)11-9-6-10-12(7-9)4-5-15-3/h6-8,11H,4-5H2,1-3H3. The Bertz CT molecular complexity index is 425. The summed E-state index contributed by atoms with van der Waals surface area (Å²) >= 11 is 0. The van der Waals surface area contributed by atoms with Gasteiger partial charge in [-0.1, -0.05) is 0 Å². The van der Waals surface area contributed by atoms with Gasteiger partial charge in [-0.05, 0) is 13.8 Å². The van der Waals surface area contributed by atoms with Gasteiger partial charge in [0.1, 0.15) is 0 Å². The van der Waals surface area contributed by atoms with Crippen molar-refractivity contribution in [3.05, 3.63) is 12.4 Å². The smallest absolute Gasteiger partial charge is 0.235 e. The Labute approximate surface area is 95.7 Å². The highest BCUT2D eigenvalue weighted by Gasteiger charge is 2.16. The first-order valence-corrected chi connectivity index (χ1v) is 6.53. The molecule has 1 N–H and O–H groups in total. The molecule has 1 aromatic rings. The molecular formula is C9H17N3O3S. The molecule has 0 aliphatic carbocycles. The molecule has 1 heterocycles. The summed E-state index contributed by atoms with van der Waals surface area (Å²) in [5.41, 5.74) is 0.477. The van der Waals surface area contributed by atoms with Gasteiger partial charge in [-0.2, -0.15) is 5.10 Å². The quantitative estimate of drug-likeness (QED) is 0.802. The molecule has 6 nitrogen and oxygen atoms in total. The van der Waals surface area contributed by atoms with Crippen molar-refractivity contribution >= 4 is 15.7 Å². The average Bonchev–Trinajstić information content (AvgIpc) is 2.61. The first-order chi connectivity index (χ1) is 7.45. The molecule has 0 unspecified atom stereocenters. The maximum atomic E-state index is 11.6. The summed E-state index contributed by atoms with van der Waals surface area (Å²) in [6, 6.07) is 0. The van der Waals surface area contributed by atoms with Crippen LogP contribution in [0.2, 0.25) is 0 Å². The minimum absolute atomic E-state index is 0.463. The maximum Gasteiger partial charge on any atom is 0.235 e. The van der Waals surface area contributed by atoms with Gasteiger partial charge >= 0.3 is 0 Å². The molecule has 0 aliphatic rings. The number of anilines is 1. The fourth-order valence-electron chi connectivity index (χ4n) is 1.01. The van der Waals surface area contributed by atoms with Gasteiger partial charge in [0.15, 0.2) is 0 Å².